The lowest BCUT2D eigenvalue weighted by atomic mass is 9.74. The lowest BCUT2D eigenvalue weighted by Crippen LogP contribution is -2.54. The molecule has 1 aromatic carbocycles. The van der Waals surface area contributed by atoms with Crippen LogP contribution in [0.1, 0.15) is 28.9 Å². The molecule has 2 amide bonds. The monoisotopic (exact) mass is 441 g/mol. The number of rotatable bonds is 7. The molecule has 0 radical (unpaired) electrons. The van der Waals surface area contributed by atoms with Gasteiger partial charge in [-0.15, -0.1) is 6.58 Å². The van der Waals surface area contributed by atoms with Crippen molar-refractivity contribution in [3.05, 3.63) is 91.3 Å². The summed E-state index contributed by atoms with van der Waals surface area (Å²) in [6.07, 6.45) is 11.7. The molecule has 7 nitrogen and oxygen atoms in total. The number of hydrogen-bond donors (Lipinski definition) is 1. The fourth-order valence-corrected chi connectivity index (χ4v) is 4.42. The quantitative estimate of drug-likeness (QED) is 0.569. The van der Waals surface area contributed by atoms with Gasteiger partial charge in [0.2, 0.25) is 5.91 Å². The third-order valence-electron chi connectivity index (χ3n) is 6.00. The minimum Gasteiger partial charge on any atom is -0.352 e. The Kier molecular flexibility index (Phi) is 6.88. The number of aromatic nitrogens is 3. The zero-order chi connectivity index (χ0) is 23.1. The van der Waals surface area contributed by atoms with Gasteiger partial charge in [-0.25, -0.2) is 4.98 Å². The van der Waals surface area contributed by atoms with Gasteiger partial charge in [0.15, 0.2) is 0 Å². The standard InChI is InChI=1S/C26H27N5O2/c1-2-10-30-25(33)26(9-5-14-31(19-26)24(32)23-18-28-12-13-29-23)16-20-6-3-7-21(15-20)22-8-4-11-27-17-22/h2-4,6-8,11-13,15,17-18H,1,5,9-10,14,16,19H2,(H,30,33). The normalized spacial score (nSPS) is 17.9. The third kappa shape index (κ3) is 5.14. The van der Waals surface area contributed by atoms with Crippen molar-refractivity contribution in [2.75, 3.05) is 19.6 Å². The third-order valence-corrected chi connectivity index (χ3v) is 6.00. The van der Waals surface area contributed by atoms with E-state index in [1.165, 1.54) is 18.6 Å². The average molecular weight is 442 g/mol. The van der Waals surface area contributed by atoms with Gasteiger partial charge in [0.1, 0.15) is 5.69 Å². The Morgan fingerprint density at radius 1 is 1.09 bits per heavy atom. The van der Waals surface area contributed by atoms with Crippen molar-refractivity contribution < 1.29 is 9.59 Å². The van der Waals surface area contributed by atoms with Gasteiger partial charge >= 0.3 is 0 Å². The molecule has 168 valence electrons. The number of hydrogen-bond acceptors (Lipinski definition) is 5. The summed E-state index contributed by atoms with van der Waals surface area (Å²) in [4.78, 5) is 40.6. The van der Waals surface area contributed by atoms with Crippen molar-refractivity contribution in [3.63, 3.8) is 0 Å². The Morgan fingerprint density at radius 3 is 2.70 bits per heavy atom. The van der Waals surface area contributed by atoms with Crippen LogP contribution in [0, 0.1) is 5.41 Å². The Hall–Kier alpha value is -3.87. The van der Waals surface area contributed by atoms with E-state index in [0.717, 1.165) is 23.1 Å². The zero-order valence-electron chi connectivity index (χ0n) is 18.5. The van der Waals surface area contributed by atoms with Crippen LogP contribution >= 0.6 is 0 Å². The number of carbonyl (C=O) groups is 2. The maximum atomic E-state index is 13.4. The molecule has 2 aromatic heterocycles. The molecule has 7 heteroatoms. The van der Waals surface area contributed by atoms with E-state index in [0.29, 0.717) is 38.2 Å². The van der Waals surface area contributed by atoms with Gasteiger partial charge in [-0.1, -0.05) is 36.4 Å². The smallest absolute Gasteiger partial charge is 0.274 e. The molecule has 0 bridgehead atoms. The highest BCUT2D eigenvalue weighted by Crippen LogP contribution is 2.35. The highest BCUT2D eigenvalue weighted by Gasteiger charge is 2.43. The number of nitrogens with zero attached hydrogens (tertiary/aromatic N) is 4. The van der Waals surface area contributed by atoms with Crippen LogP contribution < -0.4 is 5.32 Å². The largest absolute Gasteiger partial charge is 0.352 e. The van der Waals surface area contributed by atoms with E-state index in [-0.39, 0.29) is 11.8 Å². The predicted octanol–water partition coefficient (Wildman–Crippen LogP) is 3.31. The fraction of sp³-hybridized carbons (Fsp3) is 0.269. The molecule has 1 aliphatic heterocycles. The minimum atomic E-state index is -0.743. The summed E-state index contributed by atoms with van der Waals surface area (Å²) >= 11 is 0. The number of benzene rings is 1. The topological polar surface area (TPSA) is 88.1 Å². The van der Waals surface area contributed by atoms with Gasteiger partial charge in [-0.2, -0.15) is 0 Å². The number of pyridine rings is 1. The molecule has 1 atom stereocenters. The second kappa shape index (κ2) is 10.2. The van der Waals surface area contributed by atoms with E-state index >= 15 is 0 Å². The molecule has 1 fully saturated rings. The molecule has 0 spiro atoms. The molecule has 33 heavy (non-hydrogen) atoms. The number of piperidine rings is 1. The van der Waals surface area contributed by atoms with Crippen molar-refractivity contribution in [1.29, 1.82) is 0 Å². The summed E-state index contributed by atoms with van der Waals surface area (Å²) in [7, 11) is 0. The van der Waals surface area contributed by atoms with Crippen molar-refractivity contribution in [2.24, 2.45) is 5.41 Å². The van der Waals surface area contributed by atoms with Crippen LogP contribution in [-0.2, 0) is 11.2 Å². The van der Waals surface area contributed by atoms with Crippen molar-refractivity contribution in [2.45, 2.75) is 19.3 Å². The van der Waals surface area contributed by atoms with Gasteiger partial charge in [0, 0.05) is 44.4 Å². The summed E-state index contributed by atoms with van der Waals surface area (Å²) in [6.45, 7) is 5.00. The summed E-state index contributed by atoms with van der Waals surface area (Å²) in [6, 6.07) is 12.1. The lowest BCUT2D eigenvalue weighted by Gasteiger charge is -2.41. The molecule has 1 aliphatic rings. The Morgan fingerprint density at radius 2 is 1.94 bits per heavy atom. The Bertz CT molecular complexity index is 1120. The van der Waals surface area contributed by atoms with Gasteiger partial charge in [0.05, 0.1) is 11.6 Å². The molecule has 0 aliphatic carbocycles. The maximum absolute atomic E-state index is 13.4. The second-order valence-corrected chi connectivity index (χ2v) is 8.32. The zero-order valence-corrected chi connectivity index (χ0v) is 18.5. The van der Waals surface area contributed by atoms with Crippen molar-refractivity contribution >= 4 is 11.8 Å². The molecule has 3 heterocycles. The van der Waals surface area contributed by atoms with Crippen LogP contribution in [0.4, 0.5) is 0 Å². The SMILES string of the molecule is C=CCNC(=O)C1(Cc2cccc(-c3cccnc3)c2)CCCN(C(=O)c2cnccn2)C1. The number of likely N-dealkylation sites (tertiary alicyclic amines) is 1. The van der Waals surface area contributed by atoms with Crippen LogP contribution in [0.25, 0.3) is 11.1 Å². The van der Waals surface area contributed by atoms with Crippen LogP contribution in [0.5, 0.6) is 0 Å². The van der Waals surface area contributed by atoms with Crippen LogP contribution in [0.2, 0.25) is 0 Å². The van der Waals surface area contributed by atoms with Crippen molar-refractivity contribution in [3.8, 4) is 11.1 Å². The summed E-state index contributed by atoms with van der Waals surface area (Å²) < 4.78 is 0. The Labute approximate surface area is 193 Å². The van der Waals surface area contributed by atoms with Crippen LogP contribution in [-0.4, -0.2) is 51.3 Å². The first-order valence-electron chi connectivity index (χ1n) is 11.1. The maximum Gasteiger partial charge on any atom is 0.274 e. The lowest BCUT2D eigenvalue weighted by molar-refractivity contribution is -0.133. The second-order valence-electron chi connectivity index (χ2n) is 8.32. The average Bonchev–Trinajstić information content (AvgIpc) is 2.88. The van der Waals surface area contributed by atoms with Gasteiger partial charge in [-0.3, -0.25) is 19.6 Å². The fourth-order valence-electron chi connectivity index (χ4n) is 4.42. The summed E-state index contributed by atoms with van der Waals surface area (Å²) in [5.41, 5.74) is 2.66. The first kappa shape index (κ1) is 22.3. The highest BCUT2D eigenvalue weighted by molar-refractivity contribution is 5.93. The van der Waals surface area contributed by atoms with Crippen molar-refractivity contribution in [1.82, 2.24) is 25.2 Å². The molecule has 3 aromatic rings. The van der Waals surface area contributed by atoms with E-state index < -0.39 is 5.41 Å². The van der Waals surface area contributed by atoms with E-state index in [1.807, 2.05) is 36.5 Å². The molecule has 1 unspecified atom stereocenters. The Balaban J connectivity index is 1.63. The van der Waals surface area contributed by atoms with Crippen LogP contribution in [0.15, 0.2) is 80.0 Å². The molecule has 4 rings (SSSR count). The van der Waals surface area contributed by atoms with Gasteiger partial charge in [0.25, 0.3) is 5.91 Å². The molecule has 0 saturated carbocycles. The first-order chi connectivity index (χ1) is 16.1. The van der Waals surface area contributed by atoms with E-state index in [2.05, 4.69) is 32.9 Å². The summed E-state index contributed by atoms with van der Waals surface area (Å²) in [5.74, 6) is -0.265. The van der Waals surface area contributed by atoms with Crippen LogP contribution in [0.3, 0.4) is 0 Å². The van der Waals surface area contributed by atoms with E-state index in [1.54, 1.807) is 17.2 Å². The van der Waals surface area contributed by atoms with Gasteiger partial charge in [-0.05, 0) is 42.0 Å². The molecule has 1 saturated heterocycles. The predicted molar refractivity (Wildman–Crippen MR) is 126 cm³/mol. The van der Waals surface area contributed by atoms with Gasteiger partial charge < -0.3 is 10.2 Å². The summed E-state index contributed by atoms with van der Waals surface area (Å²) in [5, 5.41) is 2.98. The molecular formula is C26H27N5O2. The number of nitrogens with one attached hydrogen (secondary N) is 1. The molecule has 1 N–H and O–H groups in total. The minimum absolute atomic E-state index is 0.0640. The first-order valence-corrected chi connectivity index (χ1v) is 11.1. The number of carbonyl (C=O) groups excluding carboxylic acids is 2. The molecular weight excluding hydrogens is 414 g/mol. The van der Waals surface area contributed by atoms with E-state index in [4.69, 9.17) is 0 Å². The highest BCUT2D eigenvalue weighted by atomic mass is 16.2. The number of amides is 2. The van der Waals surface area contributed by atoms with E-state index in [9.17, 15) is 9.59 Å².